The van der Waals surface area contributed by atoms with Gasteiger partial charge in [0.1, 0.15) is 0 Å². The van der Waals surface area contributed by atoms with Crippen LogP contribution in [0.1, 0.15) is 0 Å². The molecule has 0 atom stereocenters. The first-order chi connectivity index (χ1) is 3.00. The quantitative estimate of drug-likeness (QED) is 0.457. The third kappa shape index (κ3) is 1.99. The van der Waals surface area contributed by atoms with E-state index >= 15 is 0 Å². The first-order valence-corrected chi connectivity index (χ1v) is 2.00. The van der Waals surface area contributed by atoms with E-state index in [-0.39, 0.29) is 7.43 Å². The lowest BCUT2D eigenvalue weighted by Gasteiger charge is -1.69. The van der Waals surface area contributed by atoms with Crippen LogP contribution in [0.4, 0.5) is 0 Å². The van der Waals surface area contributed by atoms with Gasteiger partial charge < -0.3 is 0 Å². The van der Waals surface area contributed by atoms with Crippen LogP contribution in [0, 0.1) is 7.43 Å². The van der Waals surface area contributed by atoms with Crippen molar-refractivity contribution < 1.29 is 0 Å². The first kappa shape index (κ1) is 6.22. The topological polar surface area (TPSA) is 0 Å². The molecule has 0 nitrogen and oxygen atoms in total. The van der Waals surface area contributed by atoms with Gasteiger partial charge >= 0.3 is 0 Å². The molecule has 0 saturated carbocycles. The van der Waals surface area contributed by atoms with Crippen LogP contribution < -0.4 is 0 Å². The molecule has 0 unspecified atom stereocenters. The van der Waals surface area contributed by atoms with Gasteiger partial charge in [0.05, 0.1) is 0 Å². The summed E-state index contributed by atoms with van der Waals surface area (Å²) in [6, 6.07) is 12.0. The molecule has 0 fully saturated rings. The molecule has 0 spiro atoms. The summed E-state index contributed by atoms with van der Waals surface area (Å²) in [5.41, 5.74) is 0. The molecule has 0 amide bonds. The average Bonchev–Trinajstić information content (AvgIpc) is 1.72. The second-order valence-electron chi connectivity index (χ2n) is 1.15. The van der Waals surface area contributed by atoms with Crippen LogP contribution >= 0.6 is 0 Å². The van der Waals surface area contributed by atoms with E-state index in [0.29, 0.717) is 0 Å². The molecule has 0 saturated heterocycles. The van der Waals surface area contributed by atoms with E-state index in [9.17, 15) is 0 Å². The fourth-order valence-corrected chi connectivity index (χ4v) is 0.385. The predicted octanol–water partition coefficient (Wildman–Crippen LogP) is 1.89. The van der Waals surface area contributed by atoms with Crippen LogP contribution in [-0.2, 0) is 0 Å². The molecule has 0 aliphatic heterocycles. The van der Waals surface area contributed by atoms with Crippen molar-refractivity contribution in [3.8, 4) is 0 Å². The van der Waals surface area contributed by atoms with Gasteiger partial charge in [-0.1, -0.05) is 36.4 Å². The number of hydrogen-bond donors (Lipinski definition) is 0. The summed E-state index contributed by atoms with van der Waals surface area (Å²) in [5.74, 6) is 0. The molecule has 3 radical (unpaired) electrons. The summed E-state index contributed by atoms with van der Waals surface area (Å²) in [7, 11) is 0. The Morgan fingerprint density at radius 1 is 0.429 bits per heavy atom. The van der Waals surface area contributed by atoms with Gasteiger partial charge in [0.2, 0.25) is 0 Å². The van der Waals surface area contributed by atoms with Crippen LogP contribution in [0.15, 0.2) is 36.4 Å². The van der Waals surface area contributed by atoms with E-state index in [0.717, 1.165) is 0 Å². The summed E-state index contributed by atoms with van der Waals surface area (Å²) in [5, 5.41) is 0. The van der Waals surface area contributed by atoms with Crippen LogP contribution in [0.5, 0.6) is 0 Å². The highest BCUT2D eigenvalue weighted by Crippen LogP contribution is 1.79. The predicted molar refractivity (Wildman–Crippen MR) is 30.7 cm³/mol. The maximum atomic E-state index is 2.00. The van der Waals surface area contributed by atoms with E-state index in [1.165, 1.54) is 0 Å². The van der Waals surface area contributed by atoms with Gasteiger partial charge in [-0.3, -0.25) is 0 Å². The molecule has 1 aromatic rings. The Labute approximate surface area is 44.8 Å². The van der Waals surface area contributed by atoms with Gasteiger partial charge in [-0.15, -0.1) is 0 Å². The Balaban J connectivity index is 0.000000360. The summed E-state index contributed by atoms with van der Waals surface area (Å²) in [6.45, 7) is 0. The molecular weight excluding hydrogens is 84.1 g/mol. The van der Waals surface area contributed by atoms with Crippen molar-refractivity contribution in [3.63, 3.8) is 0 Å². The minimum atomic E-state index is 0. The monoisotopic (exact) mass is 91.1 g/mol. The minimum absolute atomic E-state index is 0. The van der Waals surface area contributed by atoms with Crippen molar-refractivity contribution in [2.24, 2.45) is 0 Å². The smallest absolute Gasteiger partial charge is 0.0312 e. The van der Waals surface area contributed by atoms with Crippen LogP contribution in [0.2, 0.25) is 0 Å². The maximum absolute atomic E-state index is 2.00. The zero-order chi connectivity index (χ0) is 4.24. The molecule has 0 bridgehead atoms. The van der Waals surface area contributed by atoms with E-state index in [1.54, 1.807) is 0 Å². The van der Waals surface area contributed by atoms with Gasteiger partial charge in [-0.2, -0.15) is 0 Å². The van der Waals surface area contributed by atoms with Crippen molar-refractivity contribution >= 4 is 0 Å². The van der Waals surface area contributed by atoms with Gasteiger partial charge in [0.25, 0.3) is 0 Å². The summed E-state index contributed by atoms with van der Waals surface area (Å²) in [6.07, 6.45) is 0. The Morgan fingerprint density at radius 2 is 0.571 bits per heavy atom. The zero-order valence-corrected chi connectivity index (χ0v) is 4.04. The first-order valence-electron chi connectivity index (χ1n) is 2.00. The molecule has 1 rings (SSSR count). The number of benzene rings is 1. The largest absolute Gasteiger partial charge is 0.0623 e. The summed E-state index contributed by atoms with van der Waals surface area (Å²) in [4.78, 5) is 0. The Hall–Kier alpha value is -0.780. The third-order valence-electron chi connectivity index (χ3n) is 0.667. The highest BCUT2D eigenvalue weighted by atomic mass is 13.6. The van der Waals surface area contributed by atoms with Crippen molar-refractivity contribution in [2.75, 3.05) is 0 Å². The van der Waals surface area contributed by atoms with Crippen LogP contribution in [0.3, 0.4) is 0 Å². The highest BCUT2D eigenvalue weighted by Gasteiger charge is 1.57. The van der Waals surface area contributed by atoms with E-state index in [2.05, 4.69) is 0 Å². The molecule has 1 aromatic carbocycles. The summed E-state index contributed by atoms with van der Waals surface area (Å²) >= 11 is 0. The van der Waals surface area contributed by atoms with Crippen molar-refractivity contribution in [1.82, 2.24) is 0 Å². The second-order valence-corrected chi connectivity index (χ2v) is 1.15. The standard InChI is InChI=1S/C6H6.CH/c1-2-4-6-5-3-1;/h1-6H;1H. The Bertz CT molecular complexity index is 72.0. The summed E-state index contributed by atoms with van der Waals surface area (Å²) < 4.78 is 0. The minimum Gasteiger partial charge on any atom is -0.0623 e. The average molecular weight is 91.1 g/mol. The lowest BCUT2D eigenvalue weighted by molar-refractivity contribution is 1.72. The Kier molecular flexibility index (Phi) is 3.03. The highest BCUT2D eigenvalue weighted by molar-refractivity contribution is 4.99. The normalized spacial score (nSPS) is 6.86. The fraction of sp³-hybridized carbons (Fsp3) is 0. The zero-order valence-electron chi connectivity index (χ0n) is 4.04. The molecule has 0 aliphatic carbocycles. The lowest BCUT2D eigenvalue weighted by Crippen LogP contribution is -1.47. The van der Waals surface area contributed by atoms with Crippen molar-refractivity contribution in [2.45, 2.75) is 0 Å². The lowest BCUT2D eigenvalue weighted by atomic mass is 10.4. The van der Waals surface area contributed by atoms with Gasteiger partial charge in [0.15, 0.2) is 0 Å². The fourth-order valence-electron chi connectivity index (χ4n) is 0.385. The molecule has 0 aromatic heterocycles. The van der Waals surface area contributed by atoms with Crippen LogP contribution in [-0.4, -0.2) is 0 Å². The number of hydrogen-bond acceptors (Lipinski definition) is 0. The maximum Gasteiger partial charge on any atom is -0.0312 e. The molecule has 0 N–H and O–H groups in total. The number of rotatable bonds is 0. The van der Waals surface area contributed by atoms with Crippen molar-refractivity contribution in [1.29, 1.82) is 0 Å². The second kappa shape index (κ2) is 3.41. The Morgan fingerprint density at radius 3 is 0.714 bits per heavy atom. The van der Waals surface area contributed by atoms with Crippen molar-refractivity contribution in [3.05, 3.63) is 43.8 Å². The van der Waals surface area contributed by atoms with Gasteiger partial charge in [-0.25, -0.2) is 0 Å². The SMILES string of the molecule is [CH].c1ccccc1. The molecule has 0 heteroatoms. The van der Waals surface area contributed by atoms with Gasteiger partial charge in [-0.05, 0) is 7.43 Å². The molecule has 35 valence electrons. The van der Waals surface area contributed by atoms with Gasteiger partial charge in [0, 0.05) is 0 Å². The van der Waals surface area contributed by atoms with Crippen LogP contribution in [0.25, 0.3) is 0 Å². The van der Waals surface area contributed by atoms with E-state index < -0.39 is 0 Å². The van der Waals surface area contributed by atoms with E-state index in [4.69, 9.17) is 0 Å². The molecule has 0 heterocycles. The molecule has 7 heavy (non-hydrogen) atoms. The molecular formula is C7H7. The molecule has 0 aliphatic rings. The van der Waals surface area contributed by atoms with E-state index in [1.807, 2.05) is 36.4 Å². The third-order valence-corrected chi connectivity index (χ3v) is 0.667.